The van der Waals surface area contributed by atoms with E-state index in [-0.39, 0.29) is 18.9 Å². The van der Waals surface area contributed by atoms with E-state index in [1.807, 2.05) is 44.2 Å². The maximum Gasteiger partial charge on any atom is 0.244 e. The Morgan fingerprint density at radius 1 is 1.16 bits per heavy atom. The Kier molecular flexibility index (Phi) is 7.42. The third-order valence-electron chi connectivity index (χ3n) is 4.66. The van der Waals surface area contributed by atoms with Gasteiger partial charge in [0.25, 0.3) is 0 Å². The highest BCUT2D eigenvalue weighted by Crippen LogP contribution is 2.22. The number of amides is 1. The van der Waals surface area contributed by atoms with Crippen LogP contribution < -0.4 is 10.2 Å². The molecular weight excluding hydrogens is 410 g/mol. The molecule has 0 saturated heterocycles. The molecule has 0 radical (unpaired) electrons. The van der Waals surface area contributed by atoms with E-state index in [0.717, 1.165) is 22.3 Å². The average Bonchev–Trinajstić information content (AvgIpc) is 2.75. The molecule has 0 aromatic heterocycles. The van der Waals surface area contributed by atoms with Gasteiger partial charge in [0.1, 0.15) is 12.4 Å². The number of ether oxygens (including phenoxy) is 1. The molecule has 6 heteroatoms. The fourth-order valence-corrected chi connectivity index (χ4v) is 3.25. The Bertz CT molecular complexity index is 1170. The van der Waals surface area contributed by atoms with Crippen LogP contribution in [0.25, 0.3) is 0 Å². The van der Waals surface area contributed by atoms with Crippen LogP contribution in [0.15, 0.2) is 65.8 Å². The molecule has 0 unspecified atom stereocenters. The molecule has 0 bridgehead atoms. The zero-order valence-electron chi connectivity index (χ0n) is 17.4. The SMILES string of the molecule is Cc1ccc(CC(=O)N/N=C\c2cc(Cl)ccc2OCc2cccc(C#N)c2)c(C)c1. The molecular formula is C25H22ClN3O2. The van der Waals surface area contributed by atoms with Crippen LogP contribution in [0, 0.1) is 25.2 Å². The lowest BCUT2D eigenvalue weighted by Gasteiger charge is -2.10. The highest BCUT2D eigenvalue weighted by atomic mass is 35.5. The van der Waals surface area contributed by atoms with E-state index in [9.17, 15) is 4.79 Å². The topological polar surface area (TPSA) is 74.5 Å². The normalized spacial score (nSPS) is 10.6. The van der Waals surface area contributed by atoms with Crippen LogP contribution >= 0.6 is 11.6 Å². The van der Waals surface area contributed by atoms with Crippen LogP contribution in [0.3, 0.4) is 0 Å². The molecule has 3 rings (SSSR count). The van der Waals surface area contributed by atoms with Crippen molar-refractivity contribution >= 4 is 23.7 Å². The van der Waals surface area contributed by atoms with E-state index < -0.39 is 0 Å². The molecule has 0 heterocycles. The summed E-state index contributed by atoms with van der Waals surface area (Å²) in [5, 5.41) is 13.6. The van der Waals surface area contributed by atoms with E-state index in [1.54, 1.807) is 30.3 Å². The van der Waals surface area contributed by atoms with Gasteiger partial charge in [0, 0.05) is 10.6 Å². The molecule has 1 N–H and O–H groups in total. The number of carbonyl (C=O) groups excluding carboxylic acids is 1. The van der Waals surface area contributed by atoms with Crippen LogP contribution in [0.4, 0.5) is 0 Å². The molecule has 31 heavy (non-hydrogen) atoms. The second kappa shape index (κ2) is 10.4. The van der Waals surface area contributed by atoms with Gasteiger partial charge in [-0.1, -0.05) is 47.5 Å². The second-order valence-corrected chi connectivity index (χ2v) is 7.62. The Hall–Kier alpha value is -3.62. The summed E-state index contributed by atoms with van der Waals surface area (Å²) in [4.78, 5) is 12.3. The first-order chi connectivity index (χ1) is 14.9. The fourth-order valence-electron chi connectivity index (χ4n) is 3.07. The van der Waals surface area contributed by atoms with Gasteiger partial charge in [-0.05, 0) is 60.9 Å². The molecule has 0 aliphatic carbocycles. The highest BCUT2D eigenvalue weighted by Gasteiger charge is 2.07. The Balaban J connectivity index is 1.65. The second-order valence-electron chi connectivity index (χ2n) is 7.18. The number of halogens is 1. The van der Waals surface area contributed by atoms with Crippen molar-refractivity contribution in [3.8, 4) is 11.8 Å². The number of rotatable bonds is 7. The van der Waals surface area contributed by atoms with Crippen molar-refractivity contribution in [1.29, 1.82) is 5.26 Å². The first-order valence-electron chi connectivity index (χ1n) is 9.74. The van der Waals surface area contributed by atoms with Crippen molar-refractivity contribution in [3.05, 3.63) is 99.1 Å². The highest BCUT2D eigenvalue weighted by molar-refractivity contribution is 6.30. The van der Waals surface area contributed by atoms with Crippen molar-refractivity contribution in [2.75, 3.05) is 0 Å². The minimum absolute atomic E-state index is 0.207. The van der Waals surface area contributed by atoms with Gasteiger partial charge < -0.3 is 4.74 Å². The third kappa shape index (κ3) is 6.43. The lowest BCUT2D eigenvalue weighted by Crippen LogP contribution is -2.20. The average molecular weight is 432 g/mol. The van der Waals surface area contributed by atoms with Crippen LogP contribution in [0.2, 0.25) is 5.02 Å². The predicted molar refractivity (Wildman–Crippen MR) is 122 cm³/mol. The first kappa shape index (κ1) is 22.1. The molecule has 0 aliphatic rings. The molecule has 0 aliphatic heterocycles. The summed E-state index contributed by atoms with van der Waals surface area (Å²) < 4.78 is 5.89. The zero-order valence-corrected chi connectivity index (χ0v) is 18.1. The summed E-state index contributed by atoms with van der Waals surface area (Å²) in [5.41, 5.74) is 7.83. The van der Waals surface area contributed by atoms with Gasteiger partial charge >= 0.3 is 0 Å². The smallest absolute Gasteiger partial charge is 0.244 e. The van der Waals surface area contributed by atoms with Gasteiger partial charge in [0.15, 0.2) is 0 Å². The van der Waals surface area contributed by atoms with Crippen LogP contribution in [-0.4, -0.2) is 12.1 Å². The number of hydrazone groups is 1. The molecule has 0 atom stereocenters. The summed E-state index contributed by atoms with van der Waals surface area (Å²) in [6.45, 7) is 4.30. The molecule has 0 spiro atoms. The number of nitriles is 1. The molecule has 0 fully saturated rings. The molecule has 5 nitrogen and oxygen atoms in total. The summed E-state index contributed by atoms with van der Waals surface area (Å²) in [5.74, 6) is 0.361. The summed E-state index contributed by atoms with van der Waals surface area (Å²) in [7, 11) is 0. The maximum absolute atomic E-state index is 12.3. The number of nitrogens with zero attached hydrogens (tertiary/aromatic N) is 2. The summed E-state index contributed by atoms with van der Waals surface area (Å²) in [6, 6.07) is 20.5. The minimum Gasteiger partial charge on any atom is -0.488 e. The van der Waals surface area contributed by atoms with Crippen molar-refractivity contribution < 1.29 is 9.53 Å². The minimum atomic E-state index is -0.207. The van der Waals surface area contributed by atoms with Crippen molar-refractivity contribution in [2.45, 2.75) is 26.9 Å². The number of benzene rings is 3. The molecule has 3 aromatic carbocycles. The molecule has 156 valence electrons. The maximum atomic E-state index is 12.3. The number of aryl methyl sites for hydroxylation is 2. The lowest BCUT2D eigenvalue weighted by atomic mass is 10.0. The Labute approximate surface area is 186 Å². The van der Waals surface area contributed by atoms with Gasteiger partial charge in [-0.25, -0.2) is 5.43 Å². The Morgan fingerprint density at radius 2 is 2.00 bits per heavy atom. The van der Waals surface area contributed by atoms with Crippen LogP contribution in [0.1, 0.15) is 33.4 Å². The summed E-state index contributed by atoms with van der Waals surface area (Å²) >= 11 is 6.11. The zero-order chi connectivity index (χ0) is 22.2. The van der Waals surface area contributed by atoms with E-state index >= 15 is 0 Å². The van der Waals surface area contributed by atoms with Crippen molar-refractivity contribution in [1.82, 2.24) is 5.43 Å². The molecule has 0 saturated carbocycles. The number of nitrogens with one attached hydrogen (secondary N) is 1. The molecule has 1 amide bonds. The standard InChI is InChI=1S/C25H22ClN3O2/c1-17-6-7-21(18(2)10-17)13-25(30)29-28-15-22-12-23(26)8-9-24(22)31-16-20-5-3-4-19(11-20)14-27/h3-12,15H,13,16H2,1-2H3,(H,29,30)/b28-15-. The van der Waals surface area contributed by atoms with Gasteiger partial charge in [-0.3, -0.25) is 4.79 Å². The fraction of sp³-hybridized carbons (Fsp3) is 0.160. The van der Waals surface area contributed by atoms with Crippen molar-refractivity contribution in [2.24, 2.45) is 5.10 Å². The van der Waals surface area contributed by atoms with Crippen molar-refractivity contribution in [3.63, 3.8) is 0 Å². The van der Waals surface area contributed by atoms with Gasteiger partial charge in [-0.2, -0.15) is 10.4 Å². The Morgan fingerprint density at radius 3 is 2.77 bits per heavy atom. The largest absolute Gasteiger partial charge is 0.488 e. The lowest BCUT2D eigenvalue weighted by molar-refractivity contribution is -0.120. The van der Waals surface area contributed by atoms with Gasteiger partial charge in [0.05, 0.1) is 24.3 Å². The molecule has 3 aromatic rings. The van der Waals surface area contributed by atoms with E-state index in [1.165, 1.54) is 6.21 Å². The van der Waals surface area contributed by atoms with Gasteiger partial charge in [-0.15, -0.1) is 0 Å². The quantitative estimate of drug-likeness (QED) is 0.417. The van der Waals surface area contributed by atoms with Crippen LogP contribution in [0.5, 0.6) is 5.75 Å². The number of carbonyl (C=O) groups is 1. The summed E-state index contributed by atoms with van der Waals surface area (Å²) in [6.07, 6.45) is 1.75. The number of hydrogen-bond acceptors (Lipinski definition) is 4. The number of hydrogen-bond donors (Lipinski definition) is 1. The van der Waals surface area contributed by atoms with E-state index in [4.69, 9.17) is 21.6 Å². The van der Waals surface area contributed by atoms with Crippen LogP contribution in [-0.2, 0) is 17.8 Å². The van der Waals surface area contributed by atoms with E-state index in [2.05, 4.69) is 16.6 Å². The monoisotopic (exact) mass is 431 g/mol. The predicted octanol–water partition coefficient (Wildman–Crippen LogP) is 5.10. The first-order valence-corrected chi connectivity index (χ1v) is 10.1. The third-order valence-corrected chi connectivity index (χ3v) is 4.90. The van der Waals surface area contributed by atoms with Gasteiger partial charge in [0.2, 0.25) is 5.91 Å². The van der Waals surface area contributed by atoms with E-state index in [0.29, 0.717) is 21.9 Å².